The van der Waals surface area contributed by atoms with E-state index in [0.29, 0.717) is 17.4 Å². The Morgan fingerprint density at radius 2 is 0.722 bits per heavy atom. The van der Waals surface area contributed by atoms with Gasteiger partial charge in [-0.3, -0.25) is 9.59 Å². The number of hydrogen-bond donors (Lipinski definition) is 1. The van der Waals surface area contributed by atoms with Crippen LogP contribution >= 0.6 is 0 Å². The number of likely N-dealkylation sites (N-methyl/N-ethyl adjacent to an activating group) is 1. The van der Waals surface area contributed by atoms with Gasteiger partial charge in [0.1, 0.15) is 13.2 Å². The van der Waals surface area contributed by atoms with E-state index in [1.165, 1.54) is 70.6 Å². The van der Waals surface area contributed by atoms with Crippen molar-refractivity contribution in [3.05, 3.63) is 134 Å². The van der Waals surface area contributed by atoms with E-state index >= 15 is 0 Å². The molecule has 0 amide bonds. The fourth-order valence-electron chi connectivity index (χ4n) is 8.09. The summed E-state index contributed by atoms with van der Waals surface area (Å²) in [6.07, 6.45) is 82.6. The standard InChI is InChI=1S/C70H115NO8/c1-6-8-10-12-14-16-18-20-22-23-24-25-26-27-28-29-30-31-32-33-34-35-36-37-38-39-40-41-42-43-44-45-47-49-51-53-55-57-59-61-68(73)79-66(65-78-70(69(74)75)76-63-62-71(3,4)5)64-77-67(72)60-58-56-54-52-50-48-46-21-19-17-15-13-11-9-7-2/h8,10,14,16,20-22,24-25,27-28,30-31,33-34,36-37,39-40,42-43,46,66,70H,6-7,9,11-13,15,17-19,23,26,29,32,35,38,41,44-45,47-65H2,1-5H3/p+1/b10-8-,16-14-,22-20-,25-24-,28-27-,31-30-,34-33-,37-36-,40-39-,43-42-,46-21-. The molecular formula is C70H116NO8+. The second-order valence-corrected chi connectivity index (χ2v) is 21.6. The van der Waals surface area contributed by atoms with Crippen molar-refractivity contribution in [2.75, 3.05) is 47.5 Å². The molecule has 0 saturated carbocycles. The monoisotopic (exact) mass is 1100 g/mol. The first-order valence-electron chi connectivity index (χ1n) is 31.3. The molecule has 448 valence electrons. The second-order valence-electron chi connectivity index (χ2n) is 21.6. The van der Waals surface area contributed by atoms with E-state index in [1.807, 2.05) is 21.1 Å². The van der Waals surface area contributed by atoms with Gasteiger partial charge in [0.25, 0.3) is 6.29 Å². The Kier molecular flexibility index (Phi) is 56.1. The summed E-state index contributed by atoms with van der Waals surface area (Å²) in [7, 11) is 5.95. The maximum absolute atomic E-state index is 12.9. The lowest BCUT2D eigenvalue weighted by Crippen LogP contribution is -2.40. The van der Waals surface area contributed by atoms with Gasteiger partial charge in [-0.05, 0) is 116 Å². The molecule has 0 aliphatic rings. The van der Waals surface area contributed by atoms with Crippen LogP contribution in [0.3, 0.4) is 0 Å². The molecule has 79 heavy (non-hydrogen) atoms. The Hall–Kier alpha value is -4.57. The number of nitrogens with zero attached hydrogens (tertiary/aromatic N) is 1. The highest BCUT2D eigenvalue weighted by molar-refractivity contribution is 5.71. The van der Waals surface area contributed by atoms with Crippen LogP contribution in [0.1, 0.15) is 232 Å². The van der Waals surface area contributed by atoms with E-state index in [9.17, 15) is 19.5 Å². The highest BCUT2D eigenvalue weighted by atomic mass is 16.7. The Bertz CT molecular complexity index is 1750. The van der Waals surface area contributed by atoms with Crippen LogP contribution in [-0.4, -0.2) is 87.4 Å². The molecular weight excluding hydrogens is 983 g/mol. The molecule has 0 aromatic heterocycles. The minimum absolute atomic E-state index is 0.179. The van der Waals surface area contributed by atoms with Crippen molar-refractivity contribution in [1.29, 1.82) is 0 Å². The molecule has 9 heteroatoms. The molecule has 0 aliphatic heterocycles. The summed E-state index contributed by atoms with van der Waals surface area (Å²) < 4.78 is 22.9. The van der Waals surface area contributed by atoms with Gasteiger partial charge in [0.05, 0.1) is 34.4 Å². The molecule has 0 aromatic rings. The van der Waals surface area contributed by atoms with Gasteiger partial charge in [0.2, 0.25) is 0 Å². The van der Waals surface area contributed by atoms with Crippen LogP contribution < -0.4 is 0 Å². The number of unbranched alkanes of at least 4 members (excludes halogenated alkanes) is 19. The van der Waals surface area contributed by atoms with Gasteiger partial charge in [-0.2, -0.15) is 0 Å². The quantitative estimate of drug-likeness (QED) is 0.0211. The summed E-state index contributed by atoms with van der Waals surface area (Å²) in [5.41, 5.74) is 0. The zero-order valence-corrected chi connectivity index (χ0v) is 51.0. The maximum Gasteiger partial charge on any atom is 0.361 e. The van der Waals surface area contributed by atoms with Crippen molar-refractivity contribution in [2.24, 2.45) is 0 Å². The van der Waals surface area contributed by atoms with Gasteiger partial charge in [0, 0.05) is 12.8 Å². The van der Waals surface area contributed by atoms with Crippen LogP contribution in [0, 0.1) is 0 Å². The van der Waals surface area contributed by atoms with Gasteiger partial charge < -0.3 is 28.5 Å². The van der Waals surface area contributed by atoms with Crippen LogP contribution in [0.2, 0.25) is 0 Å². The van der Waals surface area contributed by atoms with Gasteiger partial charge >= 0.3 is 17.9 Å². The molecule has 0 spiro atoms. The average molecular weight is 1100 g/mol. The highest BCUT2D eigenvalue weighted by Crippen LogP contribution is 2.14. The fraction of sp³-hybridized carbons (Fsp3) is 0.643. The van der Waals surface area contributed by atoms with E-state index in [0.717, 1.165) is 128 Å². The molecule has 0 heterocycles. The smallest absolute Gasteiger partial charge is 0.361 e. The molecule has 2 unspecified atom stereocenters. The first-order valence-corrected chi connectivity index (χ1v) is 31.3. The van der Waals surface area contributed by atoms with Crippen LogP contribution in [0.15, 0.2) is 134 Å². The number of allylic oxidation sites excluding steroid dienone is 22. The Morgan fingerprint density at radius 1 is 0.392 bits per heavy atom. The number of hydrogen-bond acceptors (Lipinski definition) is 7. The van der Waals surface area contributed by atoms with Gasteiger partial charge in [-0.25, -0.2) is 4.79 Å². The SMILES string of the molecule is CC/C=C\C/C=C\C/C=C\C/C=C\C/C=C\C/C=C\C/C=C\C/C=C\C/C=C\C/C=C\CCCCCCCCCCC(=O)OC(COC(=O)CCCCCCC/C=C\CCCCCCCC)COC(OCC[N+](C)(C)C)C(=O)O. The van der Waals surface area contributed by atoms with Crippen LogP contribution in [-0.2, 0) is 33.3 Å². The third kappa shape index (κ3) is 60.9. The zero-order valence-electron chi connectivity index (χ0n) is 51.0. The minimum Gasteiger partial charge on any atom is -0.477 e. The summed E-state index contributed by atoms with van der Waals surface area (Å²) >= 11 is 0. The van der Waals surface area contributed by atoms with E-state index in [1.54, 1.807) is 0 Å². The Morgan fingerprint density at radius 3 is 1.09 bits per heavy atom. The number of quaternary nitrogens is 1. The molecule has 0 fully saturated rings. The highest BCUT2D eigenvalue weighted by Gasteiger charge is 2.25. The predicted molar refractivity (Wildman–Crippen MR) is 336 cm³/mol. The van der Waals surface area contributed by atoms with Crippen LogP contribution in [0.4, 0.5) is 0 Å². The summed E-state index contributed by atoms with van der Waals surface area (Å²) in [4.78, 5) is 37.4. The van der Waals surface area contributed by atoms with E-state index in [4.69, 9.17) is 18.9 Å². The molecule has 0 saturated heterocycles. The molecule has 0 aliphatic carbocycles. The number of ether oxygens (including phenoxy) is 4. The zero-order chi connectivity index (χ0) is 57.6. The molecule has 0 aromatic carbocycles. The van der Waals surface area contributed by atoms with Crippen molar-refractivity contribution in [2.45, 2.75) is 245 Å². The number of esters is 2. The van der Waals surface area contributed by atoms with Crippen LogP contribution in [0.5, 0.6) is 0 Å². The first kappa shape index (κ1) is 74.4. The summed E-state index contributed by atoms with van der Waals surface area (Å²) in [6.45, 7) is 4.72. The maximum atomic E-state index is 12.9. The molecule has 0 rings (SSSR count). The van der Waals surface area contributed by atoms with Crippen molar-refractivity contribution in [3.63, 3.8) is 0 Å². The van der Waals surface area contributed by atoms with Crippen molar-refractivity contribution < 1.29 is 42.9 Å². The van der Waals surface area contributed by atoms with E-state index < -0.39 is 24.3 Å². The van der Waals surface area contributed by atoms with Gasteiger partial charge in [0.15, 0.2) is 6.10 Å². The van der Waals surface area contributed by atoms with Crippen molar-refractivity contribution in [1.82, 2.24) is 0 Å². The van der Waals surface area contributed by atoms with Crippen LogP contribution in [0.25, 0.3) is 0 Å². The molecule has 9 nitrogen and oxygen atoms in total. The van der Waals surface area contributed by atoms with E-state index in [-0.39, 0.29) is 38.6 Å². The lowest BCUT2D eigenvalue weighted by atomic mass is 10.1. The topological polar surface area (TPSA) is 108 Å². The average Bonchev–Trinajstić information content (AvgIpc) is 3.42. The molecule has 1 N–H and O–H groups in total. The number of carbonyl (C=O) groups is 3. The number of carbonyl (C=O) groups excluding carboxylic acids is 2. The number of aliphatic carboxylic acids is 1. The summed E-state index contributed by atoms with van der Waals surface area (Å²) in [5, 5.41) is 9.70. The molecule has 2 atom stereocenters. The number of carboxylic acids is 1. The summed E-state index contributed by atoms with van der Waals surface area (Å²) in [6, 6.07) is 0. The third-order valence-electron chi connectivity index (χ3n) is 12.9. The Balaban J connectivity index is 4.19. The second kappa shape index (κ2) is 59.5. The summed E-state index contributed by atoms with van der Waals surface area (Å²) in [5.74, 6) is -2.04. The largest absolute Gasteiger partial charge is 0.477 e. The molecule has 0 radical (unpaired) electrons. The third-order valence-corrected chi connectivity index (χ3v) is 12.9. The first-order chi connectivity index (χ1) is 38.6. The molecule has 0 bridgehead atoms. The fourth-order valence-corrected chi connectivity index (χ4v) is 8.09. The van der Waals surface area contributed by atoms with Crippen molar-refractivity contribution >= 4 is 17.9 Å². The van der Waals surface area contributed by atoms with Gasteiger partial charge in [-0.1, -0.05) is 237 Å². The number of rotatable bonds is 56. The lowest BCUT2D eigenvalue weighted by molar-refractivity contribution is -0.870. The predicted octanol–water partition coefficient (Wildman–Crippen LogP) is 19.0. The van der Waals surface area contributed by atoms with Gasteiger partial charge in [-0.15, -0.1) is 0 Å². The number of carboxylic acid groups (broad SMARTS) is 1. The lowest BCUT2D eigenvalue weighted by Gasteiger charge is -2.25. The normalized spacial score (nSPS) is 13.7. The van der Waals surface area contributed by atoms with Crippen molar-refractivity contribution in [3.8, 4) is 0 Å². The van der Waals surface area contributed by atoms with E-state index in [2.05, 4.69) is 148 Å². The Labute approximate surface area is 484 Å². The minimum atomic E-state index is -1.52.